The minimum Gasteiger partial charge on any atom is -0.469 e. The quantitative estimate of drug-likeness (QED) is 0.831. The van der Waals surface area contributed by atoms with Gasteiger partial charge in [0.25, 0.3) is 0 Å². The fourth-order valence-electron chi connectivity index (χ4n) is 2.05. The van der Waals surface area contributed by atoms with Crippen molar-refractivity contribution < 1.29 is 14.3 Å². The molecule has 1 N–H and O–H groups in total. The first-order chi connectivity index (χ1) is 7.21. The van der Waals surface area contributed by atoms with Gasteiger partial charge in [-0.25, -0.2) is 0 Å². The molecule has 1 aliphatic rings. The molecule has 0 saturated carbocycles. The monoisotopic (exact) mass is 210 g/mol. The number of rotatable bonds is 3. The van der Waals surface area contributed by atoms with Crippen molar-refractivity contribution in [3.8, 4) is 0 Å². The van der Waals surface area contributed by atoms with Gasteiger partial charge in [0.05, 0.1) is 18.0 Å². The zero-order chi connectivity index (χ0) is 10.7. The number of ether oxygens (including phenoxy) is 1. The third-order valence-electron chi connectivity index (χ3n) is 3.18. The van der Waals surface area contributed by atoms with E-state index in [-0.39, 0.29) is 0 Å². The van der Waals surface area contributed by atoms with Crippen LogP contribution in [0.4, 0.5) is 0 Å². The van der Waals surface area contributed by atoms with E-state index in [4.69, 9.17) is 9.15 Å². The maximum Gasteiger partial charge on any atom is 0.106 e. The van der Waals surface area contributed by atoms with Crippen LogP contribution in [0.15, 0.2) is 22.8 Å². The van der Waals surface area contributed by atoms with Crippen LogP contribution in [0.1, 0.15) is 31.9 Å². The largest absolute Gasteiger partial charge is 0.469 e. The normalized spacial score (nSPS) is 28.9. The first kappa shape index (κ1) is 10.7. The van der Waals surface area contributed by atoms with Crippen LogP contribution in [0.25, 0.3) is 0 Å². The van der Waals surface area contributed by atoms with E-state index in [1.165, 1.54) is 0 Å². The van der Waals surface area contributed by atoms with Gasteiger partial charge >= 0.3 is 0 Å². The molecular weight excluding hydrogens is 192 g/mol. The number of furan rings is 1. The summed E-state index contributed by atoms with van der Waals surface area (Å²) in [6.07, 6.45) is 4.84. The summed E-state index contributed by atoms with van der Waals surface area (Å²) in [5, 5.41) is 10.1. The van der Waals surface area contributed by atoms with Gasteiger partial charge in [-0.15, -0.1) is 0 Å². The summed E-state index contributed by atoms with van der Waals surface area (Å²) in [7, 11) is 0. The smallest absolute Gasteiger partial charge is 0.106 e. The van der Waals surface area contributed by atoms with Crippen molar-refractivity contribution in [3.05, 3.63) is 24.2 Å². The van der Waals surface area contributed by atoms with Gasteiger partial charge in [0, 0.05) is 13.0 Å². The van der Waals surface area contributed by atoms with Crippen LogP contribution in [0.3, 0.4) is 0 Å². The number of aliphatic hydroxyl groups is 1. The topological polar surface area (TPSA) is 42.6 Å². The zero-order valence-corrected chi connectivity index (χ0v) is 9.11. The Hall–Kier alpha value is -0.800. The molecule has 0 aromatic carbocycles. The highest BCUT2D eigenvalue weighted by molar-refractivity contribution is 5.02. The lowest BCUT2D eigenvalue weighted by atomic mass is 9.88. The summed E-state index contributed by atoms with van der Waals surface area (Å²) in [5.74, 6) is 0.817. The molecule has 1 saturated heterocycles. The second kappa shape index (κ2) is 4.37. The van der Waals surface area contributed by atoms with E-state index in [1.54, 1.807) is 6.26 Å². The molecule has 2 rings (SSSR count). The third kappa shape index (κ3) is 2.41. The van der Waals surface area contributed by atoms with Crippen LogP contribution < -0.4 is 0 Å². The summed E-state index contributed by atoms with van der Waals surface area (Å²) >= 11 is 0. The fraction of sp³-hybridized carbons (Fsp3) is 0.667. The minimum atomic E-state index is -0.482. The number of aliphatic hydroxyl groups excluding tert-OH is 1. The molecular formula is C12H18O3. The van der Waals surface area contributed by atoms with Gasteiger partial charge in [-0.3, -0.25) is 0 Å². The lowest BCUT2D eigenvalue weighted by Crippen LogP contribution is -2.45. The Morgan fingerprint density at radius 3 is 3.00 bits per heavy atom. The third-order valence-corrected chi connectivity index (χ3v) is 3.18. The van der Waals surface area contributed by atoms with Crippen molar-refractivity contribution in [2.75, 3.05) is 6.61 Å². The molecule has 0 amide bonds. The summed E-state index contributed by atoms with van der Waals surface area (Å²) in [4.78, 5) is 0. The van der Waals surface area contributed by atoms with Crippen molar-refractivity contribution in [2.24, 2.45) is 0 Å². The highest BCUT2D eigenvalue weighted by Crippen LogP contribution is 2.29. The first-order valence-electron chi connectivity index (χ1n) is 5.55. The summed E-state index contributed by atoms with van der Waals surface area (Å²) in [5.41, 5.74) is -0.398. The molecule has 15 heavy (non-hydrogen) atoms. The zero-order valence-electron chi connectivity index (χ0n) is 9.11. The average Bonchev–Trinajstić information content (AvgIpc) is 2.71. The Bertz CT molecular complexity index is 286. The Morgan fingerprint density at radius 1 is 1.53 bits per heavy atom. The number of hydrogen-bond acceptors (Lipinski definition) is 3. The highest BCUT2D eigenvalue weighted by Gasteiger charge is 2.36. The van der Waals surface area contributed by atoms with E-state index in [0.717, 1.165) is 31.6 Å². The standard InChI is InChI=1S/C12H18O3/c1-12(6-2-3-8-15-12)11(13)9-10-5-4-7-14-10/h4-5,7,11,13H,2-3,6,8-9H2,1H3. The van der Waals surface area contributed by atoms with E-state index >= 15 is 0 Å². The van der Waals surface area contributed by atoms with Gasteiger partial charge in [-0.2, -0.15) is 0 Å². The van der Waals surface area contributed by atoms with E-state index < -0.39 is 11.7 Å². The molecule has 1 fully saturated rings. The van der Waals surface area contributed by atoms with Crippen molar-refractivity contribution in [1.29, 1.82) is 0 Å². The maximum absolute atomic E-state index is 10.1. The van der Waals surface area contributed by atoms with Crippen LogP contribution in [0.5, 0.6) is 0 Å². The van der Waals surface area contributed by atoms with E-state index in [0.29, 0.717) is 6.42 Å². The first-order valence-corrected chi connectivity index (χ1v) is 5.55. The van der Waals surface area contributed by atoms with Crippen LogP contribution in [-0.4, -0.2) is 23.4 Å². The molecule has 3 heteroatoms. The van der Waals surface area contributed by atoms with Gasteiger partial charge in [-0.1, -0.05) is 0 Å². The molecule has 0 bridgehead atoms. The van der Waals surface area contributed by atoms with Gasteiger partial charge < -0.3 is 14.3 Å². The van der Waals surface area contributed by atoms with E-state index in [2.05, 4.69) is 0 Å². The maximum atomic E-state index is 10.1. The molecule has 2 heterocycles. The van der Waals surface area contributed by atoms with Gasteiger partial charge in [0.15, 0.2) is 0 Å². The highest BCUT2D eigenvalue weighted by atomic mass is 16.5. The summed E-state index contributed by atoms with van der Waals surface area (Å²) < 4.78 is 10.9. The predicted molar refractivity (Wildman–Crippen MR) is 56.6 cm³/mol. The Balaban J connectivity index is 1.97. The Kier molecular flexibility index (Phi) is 3.12. The second-order valence-electron chi connectivity index (χ2n) is 4.42. The SMILES string of the molecule is CC1(C(O)Cc2ccco2)CCCCO1. The molecule has 2 unspecified atom stereocenters. The van der Waals surface area contributed by atoms with Gasteiger partial charge in [0.1, 0.15) is 5.76 Å². The second-order valence-corrected chi connectivity index (χ2v) is 4.42. The van der Waals surface area contributed by atoms with Crippen molar-refractivity contribution in [3.63, 3.8) is 0 Å². The van der Waals surface area contributed by atoms with Crippen molar-refractivity contribution >= 4 is 0 Å². The lowest BCUT2D eigenvalue weighted by Gasteiger charge is -2.37. The van der Waals surface area contributed by atoms with Gasteiger partial charge in [-0.05, 0) is 38.3 Å². The summed E-state index contributed by atoms with van der Waals surface area (Å²) in [6.45, 7) is 2.74. The predicted octanol–water partition coefficient (Wildman–Crippen LogP) is 2.14. The molecule has 84 valence electrons. The van der Waals surface area contributed by atoms with Crippen LogP contribution >= 0.6 is 0 Å². The van der Waals surface area contributed by atoms with E-state index in [1.807, 2.05) is 19.1 Å². The minimum absolute atomic E-state index is 0.398. The lowest BCUT2D eigenvalue weighted by molar-refractivity contribution is -0.136. The molecule has 1 aromatic heterocycles. The Labute approximate surface area is 90.0 Å². The molecule has 1 aromatic rings. The molecule has 0 radical (unpaired) electrons. The van der Waals surface area contributed by atoms with Gasteiger partial charge in [0.2, 0.25) is 0 Å². The van der Waals surface area contributed by atoms with Crippen molar-refractivity contribution in [2.45, 2.75) is 44.3 Å². The molecule has 3 nitrogen and oxygen atoms in total. The van der Waals surface area contributed by atoms with Crippen LogP contribution in [0, 0.1) is 0 Å². The van der Waals surface area contributed by atoms with Crippen molar-refractivity contribution in [1.82, 2.24) is 0 Å². The molecule has 2 atom stereocenters. The average molecular weight is 210 g/mol. The Morgan fingerprint density at radius 2 is 2.40 bits per heavy atom. The van der Waals surface area contributed by atoms with Crippen LogP contribution in [0.2, 0.25) is 0 Å². The number of hydrogen-bond donors (Lipinski definition) is 1. The molecule has 1 aliphatic heterocycles. The summed E-state index contributed by atoms with van der Waals surface area (Å²) in [6, 6.07) is 3.72. The molecule has 0 spiro atoms. The molecule has 0 aliphatic carbocycles. The van der Waals surface area contributed by atoms with Crippen LogP contribution in [-0.2, 0) is 11.2 Å². The fourth-order valence-corrected chi connectivity index (χ4v) is 2.05. The van der Waals surface area contributed by atoms with E-state index in [9.17, 15) is 5.11 Å².